The molecule has 1 unspecified atom stereocenters. The summed E-state index contributed by atoms with van der Waals surface area (Å²) < 4.78 is 7.91. The number of carbonyl (C=O) groups is 1. The Hall–Kier alpha value is -1.84. The van der Waals surface area contributed by atoms with Crippen LogP contribution < -0.4 is 5.32 Å². The van der Waals surface area contributed by atoms with Crippen LogP contribution in [0.15, 0.2) is 65.7 Å². The fourth-order valence-electron chi connectivity index (χ4n) is 2.11. The number of benzene rings is 2. The van der Waals surface area contributed by atoms with E-state index in [2.05, 4.69) is 42.7 Å². The number of rotatable bonds is 9. The second-order valence-corrected chi connectivity index (χ2v) is 6.75. The van der Waals surface area contributed by atoms with Crippen molar-refractivity contribution in [3.8, 4) is 0 Å². The van der Waals surface area contributed by atoms with Gasteiger partial charge in [0.2, 0.25) is 0 Å². The first kappa shape index (κ1) is 19.5. The maximum absolute atomic E-state index is 12.0. The number of thioether (sulfide) groups is 1. The summed E-state index contributed by atoms with van der Waals surface area (Å²) in [6, 6.07) is 19.8. The Morgan fingerprint density at radius 1 is 1.12 bits per heavy atom. The van der Waals surface area contributed by atoms with E-state index < -0.39 is 6.09 Å². The molecule has 0 heterocycles. The Morgan fingerprint density at radius 3 is 2.40 bits per heavy atom. The van der Waals surface area contributed by atoms with Crippen LogP contribution in [0.5, 0.6) is 0 Å². The predicted octanol–water partition coefficient (Wildman–Crippen LogP) is 3.29. The van der Waals surface area contributed by atoms with Gasteiger partial charge in [0.05, 0.1) is 0 Å². The molecule has 1 N–H and O–H groups in total. The standard InChI is InChI=1S/C19H20N2O2SSe/c22-19(23-12-16-7-3-1-4-8-16)21-18(11-20-15-25)14-24-13-17-9-5-2-6-10-17/h1-10,18H,11-14H2,(H,21,22). The number of alkyl carbamates (subject to hydrolysis) is 1. The van der Waals surface area contributed by atoms with E-state index in [4.69, 9.17) is 4.74 Å². The molecule has 2 rings (SSSR count). The number of carbonyl (C=O) groups excluding carboxylic acids is 1. The molecular weight excluding hydrogens is 399 g/mol. The van der Waals surface area contributed by atoms with Crippen molar-refractivity contribution in [3.63, 3.8) is 0 Å². The fourth-order valence-corrected chi connectivity index (χ4v) is 3.29. The van der Waals surface area contributed by atoms with Crippen LogP contribution in [0.4, 0.5) is 4.79 Å². The third kappa shape index (κ3) is 8.19. The van der Waals surface area contributed by atoms with E-state index in [-0.39, 0.29) is 12.6 Å². The first-order valence-corrected chi connectivity index (χ1v) is 9.91. The van der Waals surface area contributed by atoms with Crippen molar-refractivity contribution in [2.24, 2.45) is 4.99 Å². The maximum atomic E-state index is 12.0. The molecule has 0 aliphatic heterocycles. The van der Waals surface area contributed by atoms with E-state index >= 15 is 0 Å². The molecule has 1 atom stereocenters. The summed E-state index contributed by atoms with van der Waals surface area (Å²) in [5, 5.41) is 2.88. The molecule has 25 heavy (non-hydrogen) atoms. The molecule has 6 heteroatoms. The Bertz CT molecular complexity index is 691. The summed E-state index contributed by atoms with van der Waals surface area (Å²) >= 11 is 4.37. The molecule has 0 aromatic heterocycles. The topological polar surface area (TPSA) is 50.7 Å². The minimum absolute atomic E-state index is 0.0992. The molecule has 0 aliphatic rings. The van der Waals surface area contributed by atoms with E-state index in [0.29, 0.717) is 6.54 Å². The number of amides is 1. The van der Waals surface area contributed by atoms with Crippen molar-refractivity contribution in [1.82, 2.24) is 5.32 Å². The SMILES string of the molecule is O=C(NC(CN=C=[Se])CSCc1ccccc1)OCc1ccccc1. The average molecular weight is 419 g/mol. The van der Waals surface area contributed by atoms with Gasteiger partial charge in [0.1, 0.15) is 0 Å². The number of nitrogens with one attached hydrogen (secondary N) is 1. The van der Waals surface area contributed by atoms with Crippen LogP contribution in [0.3, 0.4) is 0 Å². The molecule has 1 amide bonds. The van der Waals surface area contributed by atoms with Gasteiger partial charge >= 0.3 is 160 Å². The van der Waals surface area contributed by atoms with Gasteiger partial charge in [0.25, 0.3) is 0 Å². The van der Waals surface area contributed by atoms with Crippen molar-refractivity contribution in [1.29, 1.82) is 0 Å². The van der Waals surface area contributed by atoms with Gasteiger partial charge in [-0.1, -0.05) is 0 Å². The van der Waals surface area contributed by atoms with Gasteiger partial charge in [-0.3, -0.25) is 0 Å². The predicted molar refractivity (Wildman–Crippen MR) is 104 cm³/mol. The summed E-state index contributed by atoms with van der Waals surface area (Å²) in [5.74, 6) is 1.64. The number of hydrogen-bond donors (Lipinski definition) is 1. The number of hydrogen-bond acceptors (Lipinski definition) is 4. The van der Waals surface area contributed by atoms with Crippen LogP contribution in [0.1, 0.15) is 11.1 Å². The van der Waals surface area contributed by atoms with Crippen molar-refractivity contribution in [2.75, 3.05) is 12.3 Å². The van der Waals surface area contributed by atoms with Crippen LogP contribution in [-0.2, 0) is 17.1 Å². The van der Waals surface area contributed by atoms with Crippen molar-refractivity contribution < 1.29 is 9.53 Å². The zero-order chi connectivity index (χ0) is 17.7. The molecule has 0 bridgehead atoms. The zero-order valence-corrected chi connectivity index (χ0v) is 16.3. The molecule has 2 aromatic carbocycles. The molecular formula is C19H20N2O2SSe. The van der Waals surface area contributed by atoms with Crippen LogP contribution in [0.2, 0.25) is 0 Å². The molecule has 0 aliphatic carbocycles. The molecule has 0 saturated carbocycles. The van der Waals surface area contributed by atoms with E-state index in [1.165, 1.54) is 5.56 Å². The van der Waals surface area contributed by atoms with Gasteiger partial charge in [-0.05, 0) is 0 Å². The summed E-state index contributed by atoms with van der Waals surface area (Å²) in [6.07, 6.45) is -0.426. The Kier molecular flexibility index (Phi) is 9.09. The van der Waals surface area contributed by atoms with Crippen molar-refractivity contribution >= 4 is 38.1 Å². The molecule has 0 radical (unpaired) electrons. The average Bonchev–Trinajstić information content (AvgIpc) is 2.66. The van der Waals surface area contributed by atoms with Gasteiger partial charge in [0.15, 0.2) is 0 Å². The van der Waals surface area contributed by atoms with Crippen molar-refractivity contribution in [2.45, 2.75) is 18.4 Å². The second-order valence-electron chi connectivity index (χ2n) is 5.34. The molecule has 4 nitrogen and oxygen atoms in total. The van der Waals surface area contributed by atoms with Crippen LogP contribution in [-0.4, -0.2) is 44.7 Å². The van der Waals surface area contributed by atoms with Crippen LogP contribution >= 0.6 is 11.8 Å². The molecule has 0 spiro atoms. The van der Waals surface area contributed by atoms with Gasteiger partial charge in [-0.15, -0.1) is 0 Å². The zero-order valence-electron chi connectivity index (χ0n) is 13.8. The first-order chi connectivity index (χ1) is 12.3. The molecule has 0 saturated heterocycles. The quantitative estimate of drug-likeness (QED) is 0.501. The van der Waals surface area contributed by atoms with Gasteiger partial charge in [-0.25, -0.2) is 0 Å². The second kappa shape index (κ2) is 11.7. The third-order valence-corrected chi connectivity index (χ3v) is 4.79. The monoisotopic (exact) mass is 420 g/mol. The van der Waals surface area contributed by atoms with E-state index in [0.717, 1.165) is 17.1 Å². The normalized spacial score (nSPS) is 11.2. The number of ether oxygens (including phenoxy) is 1. The Morgan fingerprint density at radius 2 is 1.76 bits per heavy atom. The molecule has 0 fully saturated rings. The number of nitrogens with zero attached hydrogens (tertiary/aromatic N) is 1. The molecule has 130 valence electrons. The van der Waals surface area contributed by atoms with E-state index in [9.17, 15) is 4.79 Å². The summed E-state index contributed by atoms with van der Waals surface area (Å²) in [4.78, 5) is 16.1. The fraction of sp³-hybridized carbons (Fsp3) is 0.263. The third-order valence-electron chi connectivity index (χ3n) is 3.34. The van der Waals surface area contributed by atoms with Gasteiger partial charge in [-0.2, -0.15) is 0 Å². The summed E-state index contributed by atoms with van der Waals surface area (Å²) in [5.41, 5.74) is 2.22. The van der Waals surface area contributed by atoms with Crippen LogP contribution in [0.25, 0.3) is 0 Å². The van der Waals surface area contributed by atoms with Gasteiger partial charge in [0, 0.05) is 0 Å². The van der Waals surface area contributed by atoms with E-state index in [1.807, 2.05) is 48.5 Å². The Labute approximate surface area is 160 Å². The molecule has 2 aromatic rings. The first-order valence-electron chi connectivity index (χ1n) is 7.90. The van der Waals surface area contributed by atoms with Crippen LogP contribution in [0, 0.1) is 0 Å². The Balaban J connectivity index is 1.77. The number of aliphatic imine (C=N–C) groups is 1. The summed E-state index contributed by atoms with van der Waals surface area (Å²) in [6.45, 7) is 0.725. The van der Waals surface area contributed by atoms with Gasteiger partial charge < -0.3 is 0 Å². The summed E-state index contributed by atoms with van der Waals surface area (Å²) in [7, 11) is 0. The van der Waals surface area contributed by atoms with E-state index in [1.54, 1.807) is 11.8 Å². The minimum atomic E-state index is -0.426. The van der Waals surface area contributed by atoms with Crippen molar-refractivity contribution in [3.05, 3.63) is 71.8 Å².